The van der Waals surface area contributed by atoms with Crippen LogP contribution in [-0.2, 0) is 11.3 Å². The van der Waals surface area contributed by atoms with Crippen molar-refractivity contribution in [1.29, 1.82) is 0 Å². The molecule has 2 atom stereocenters. The fourth-order valence-electron chi connectivity index (χ4n) is 3.51. The second-order valence-electron chi connectivity index (χ2n) is 7.33. The monoisotopic (exact) mass is 394 g/mol. The molecule has 1 amide bonds. The molecule has 0 spiro atoms. The van der Waals surface area contributed by atoms with Crippen LogP contribution < -0.4 is 4.90 Å². The lowest BCUT2D eigenvalue weighted by Gasteiger charge is -2.21. The predicted molar refractivity (Wildman–Crippen MR) is 110 cm³/mol. The Kier molecular flexibility index (Phi) is 5.41. The molecule has 0 saturated heterocycles. The van der Waals surface area contributed by atoms with Crippen LogP contribution in [-0.4, -0.2) is 30.2 Å². The summed E-state index contributed by atoms with van der Waals surface area (Å²) in [6, 6.07) is 14.0. The van der Waals surface area contributed by atoms with Gasteiger partial charge in [-0.15, -0.1) is 0 Å². The van der Waals surface area contributed by atoms with Crippen molar-refractivity contribution in [1.82, 2.24) is 5.01 Å². The number of nitrogens with one attached hydrogen (secondary N) is 1. The quantitative estimate of drug-likeness (QED) is 0.699. The van der Waals surface area contributed by atoms with Crippen LogP contribution in [0.15, 0.2) is 69.0 Å². The van der Waals surface area contributed by atoms with Gasteiger partial charge in [-0.3, -0.25) is 4.79 Å². The molecule has 0 fully saturated rings. The number of furan rings is 1. The zero-order valence-electron chi connectivity index (χ0n) is 16.1. The smallest absolute Gasteiger partial charge is 0.298 e. The number of benzene rings is 1. The molecule has 5 nitrogen and oxygen atoms in total. The summed E-state index contributed by atoms with van der Waals surface area (Å²) in [6.07, 6.45) is 2.31. The Morgan fingerprint density at radius 1 is 1.29 bits per heavy atom. The topological polar surface area (TPSA) is 50.2 Å². The van der Waals surface area contributed by atoms with Gasteiger partial charge in [0.1, 0.15) is 18.3 Å². The van der Waals surface area contributed by atoms with E-state index in [1.165, 1.54) is 11.1 Å². The molecule has 4 rings (SSSR count). The summed E-state index contributed by atoms with van der Waals surface area (Å²) in [5, 5.41) is 10.5. The molecule has 1 aromatic carbocycles. The summed E-state index contributed by atoms with van der Waals surface area (Å²) in [7, 11) is 2.04. The Labute approximate surface area is 168 Å². The van der Waals surface area contributed by atoms with Gasteiger partial charge in [0, 0.05) is 12.0 Å². The Morgan fingerprint density at radius 3 is 2.79 bits per heavy atom. The molecule has 2 aromatic heterocycles. The number of rotatable bonds is 6. The standard InChI is InChI=1S/C22H23N3O2S/c1-16-5-7-18(8-6-16)19-12-20(21-4-3-10-27-21)25(23-19)22(26)14-24(2)13-17-9-11-28-15-17/h3-11,15,20H,12-14H2,1-2H3/p+1/t20-/m1/s1. The number of hydrazone groups is 1. The highest BCUT2D eigenvalue weighted by molar-refractivity contribution is 7.07. The summed E-state index contributed by atoms with van der Waals surface area (Å²) in [6.45, 7) is 3.27. The van der Waals surface area contributed by atoms with Crippen molar-refractivity contribution in [2.75, 3.05) is 13.6 Å². The zero-order chi connectivity index (χ0) is 19.5. The highest BCUT2D eigenvalue weighted by Gasteiger charge is 2.35. The van der Waals surface area contributed by atoms with E-state index in [-0.39, 0.29) is 11.9 Å². The van der Waals surface area contributed by atoms with Crippen molar-refractivity contribution >= 4 is 23.0 Å². The third kappa shape index (κ3) is 4.08. The summed E-state index contributed by atoms with van der Waals surface area (Å²) in [5.41, 5.74) is 4.43. The van der Waals surface area contributed by atoms with Gasteiger partial charge >= 0.3 is 0 Å². The van der Waals surface area contributed by atoms with Gasteiger partial charge in [0.2, 0.25) is 0 Å². The Hall–Kier alpha value is -2.70. The van der Waals surface area contributed by atoms with E-state index in [1.807, 2.05) is 19.2 Å². The molecule has 1 unspecified atom stereocenters. The summed E-state index contributed by atoms with van der Waals surface area (Å²) >= 11 is 1.68. The molecule has 0 aliphatic carbocycles. The van der Waals surface area contributed by atoms with Crippen molar-refractivity contribution in [2.24, 2.45) is 5.10 Å². The maximum atomic E-state index is 13.1. The molecule has 144 valence electrons. The molecule has 3 heterocycles. The van der Waals surface area contributed by atoms with E-state index in [1.54, 1.807) is 22.6 Å². The van der Waals surface area contributed by atoms with E-state index in [0.717, 1.165) is 28.5 Å². The lowest BCUT2D eigenvalue weighted by Crippen LogP contribution is -3.08. The van der Waals surface area contributed by atoms with Gasteiger partial charge in [-0.1, -0.05) is 29.8 Å². The number of hydrogen-bond acceptors (Lipinski definition) is 4. The van der Waals surface area contributed by atoms with Gasteiger partial charge in [-0.05, 0) is 41.4 Å². The lowest BCUT2D eigenvalue weighted by atomic mass is 10.0. The van der Waals surface area contributed by atoms with Crippen molar-refractivity contribution in [3.8, 4) is 0 Å². The van der Waals surface area contributed by atoms with Crippen LogP contribution in [0.3, 0.4) is 0 Å². The number of quaternary nitrogens is 1. The maximum absolute atomic E-state index is 13.1. The first-order valence-corrected chi connectivity index (χ1v) is 10.4. The van der Waals surface area contributed by atoms with Gasteiger partial charge in [0.25, 0.3) is 5.91 Å². The minimum Gasteiger partial charge on any atom is -0.467 e. The first-order valence-electron chi connectivity index (χ1n) is 9.42. The number of carbonyl (C=O) groups excluding carboxylic acids is 1. The van der Waals surface area contributed by atoms with Crippen molar-refractivity contribution in [2.45, 2.75) is 25.9 Å². The number of likely N-dealkylation sites (N-methyl/N-ethyl adjacent to an activating group) is 1. The van der Waals surface area contributed by atoms with Crippen LogP contribution in [0.5, 0.6) is 0 Å². The first kappa shape index (κ1) is 18.7. The molecule has 0 saturated carbocycles. The zero-order valence-corrected chi connectivity index (χ0v) is 16.9. The number of nitrogens with zero attached hydrogens (tertiary/aromatic N) is 2. The first-order chi connectivity index (χ1) is 13.6. The molecule has 28 heavy (non-hydrogen) atoms. The molecule has 6 heteroatoms. The van der Waals surface area contributed by atoms with Crippen LogP contribution in [0.2, 0.25) is 0 Å². The van der Waals surface area contributed by atoms with Crippen LogP contribution in [0.25, 0.3) is 0 Å². The van der Waals surface area contributed by atoms with Crippen LogP contribution in [0.4, 0.5) is 0 Å². The van der Waals surface area contributed by atoms with Crippen LogP contribution >= 0.6 is 11.3 Å². The maximum Gasteiger partial charge on any atom is 0.298 e. The van der Waals surface area contributed by atoms with Gasteiger partial charge in [-0.25, -0.2) is 5.01 Å². The minimum absolute atomic E-state index is 0.0104. The van der Waals surface area contributed by atoms with Gasteiger partial charge in [0.05, 0.1) is 19.0 Å². The largest absolute Gasteiger partial charge is 0.467 e. The van der Waals surface area contributed by atoms with E-state index >= 15 is 0 Å². The number of hydrogen-bond donors (Lipinski definition) is 1. The van der Waals surface area contributed by atoms with Gasteiger partial charge < -0.3 is 9.32 Å². The third-order valence-corrected chi connectivity index (χ3v) is 5.69. The van der Waals surface area contributed by atoms with E-state index in [2.05, 4.69) is 48.0 Å². The van der Waals surface area contributed by atoms with Crippen molar-refractivity contribution in [3.63, 3.8) is 0 Å². The van der Waals surface area contributed by atoms with Gasteiger partial charge in [0.15, 0.2) is 6.54 Å². The van der Waals surface area contributed by atoms with E-state index in [0.29, 0.717) is 13.0 Å². The summed E-state index contributed by atoms with van der Waals surface area (Å²) in [5.74, 6) is 0.783. The van der Waals surface area contributed by atoms with Crippen molar-refractivity contribution < 1.29 is 14.1 Å². The number of thiophene rings is 1. The average Bonchev–Trinajstić information content (AvgIpc) is 3.43. The number of aryl methyl sites for hydroxylation is 1. The average molecular weight is 395 g/mol. The van der Waals surface area contributed by atoms with Crippen LogP contribution in [0.1, 0.15) is 34.9 Å². The van der Waals surface area contributed by atoms with Gasteiger partial charge in [-0.2, -0.15) is 16.4 Å². The molecule has 1 aliphatic heterocycles. The molecular weight excluding hydrogens is 370 g/mol. The number of amides is 1. The number of carbonyl (C=O) groups is 1. The molecule has 1 N–H and O–H groups in total. The molecule has 0 bridgehead atoms. The predicted octanol–water partition coefficient (Wildman–Crippen LogP) is 3.04. The molecule has 1 aliphatic rings. The lowest BCUT2D eigenvalue weighted by molar-refractivity contribution is -0.885. The van der Waals surface area contributed by atoms with E-state index in [4.69, 9.17) is 9.52 Å². The Morgan fingerprint density at radius 2 is 2.11 bits per heavy atom. The third-order valence-electron chi connectivity index (χ3n) is 4.96. The van der Waals surface area contributed by atoms with Crippen LogP contribution in [0, 0.1) is 6.92 Å². The van der Waals surface area contributed by atoms with E-state index < -0.39 is 0 Å². The molecule has 3 aromatic rings. The summed E-state index contributed by atoms with van der Waals surface area (Å²) < 4.78 is 5.62. The second kappa shape index (κ2) is 8.12. The highest BCUT2D eigenvalue weighted by Crippen LogP contribution is 2.32. The Balaban J connectivity index is 1.53. The normalized spacial score (nSPS) is 17.6. The Bertz CT molecular complexity index is 946. The summed E-state index contributed by atoms with van der Waals surface area (Å²) in [4.78, 5) is 14.2. The second-order valence-corrected chi connectivity index (χ2v) is 8.11. The molecular formula is C22H24N3O2S+. The molecule has 0 radical (unpaired) electrons. The minimum atomic E-state index is -0.187. The van der Waals surface area contributed by atoms with Crippen molar-refractivity contribution in [3.05, 3.63) is 81.9 Å². The fraction of sp³-hybridized carbons (Fsp3) is 0.273. The fourth-order valence-corrected chi connectivity index (χ4v) is 4.18. The SMILES string of the molecule is Cc1ccc(C2=NN(C(=O)C[NH+](C)Cc3ccsc3)[C@@H](c3ccco3)C2)cc1. The van der Waals surface area contributed by atoms with E-state index in [9.17, 15) is 4.79 Å². The highest BCUT2D eigenvalue weighted by atomic mass is 32.1.